The summed E-state index contributed by atoms with van der Waals surface area (Å²) in [5.74, 6) is 1.61. The van der Waals surface area contributed by atoms with Crippen molar-refractivity contribution in [2.75, 3.05) is 13.1 Å². The summed E-state index contributed by atoms with van der Waals surface area (Å²) in [6.07, 6.45) is 0.510. The van der Waals surface area contributed by atoms with Crippen molar-refractivity contribution in [3.63, 3.8) is 0 Å². The SMILES string of the molecule is Cc1n[nH]c(C)c1C(C)CC(=O)N1CC(OCc2nnc(C(C)C)o2)C1. The molecule has 142 valence electrons. The molecule has 0 saturated carbocycles. The molecular formula is C18H27N5O3. The molecule has 1 saturated heterocycles. The number of amides is 1. The van der Waals surface area contributed by atoms with Gasteiger partial charge in [0.1, 0.15) is 6.61 Å². The zero-order valence-corrected chi connectivity index (χ0v) is 16.1. The van der Waals surface area contributed by atoms with Crippen molar-refractivity contribution in [2.45, 2.75) is 65.6 Å². The Labute approximate surface area is 153 Å². The summed E-state index contributed by atoms with van der Waals surface area (Å²) in [5, 5.41) is 15.2. The molecular weight excluding hydrogens is 334 g/mol. The molecule has 1 atom stereocenters. The van der Waals surface area contributed by atoms with Crippen LogP contribution in [0.2, 0.25) is 0 Å². The smallest absolute Gasteiger partial charge is 0.242 e. The van der Waals surface area contributed by atoms with E-state index in [1.807, 2.05) is 32.6 Å². The maximum atomic E-state index is 12.5. The molecule has 1 fully saturated rings. The molecule has 26 heavy (non-hydrogen) atoms. The molecule has 0 radical (unpaired) electrons. The molecule has 8 nitrogen and oxygen atoms in total. The molecule has 1 amide bonds. The molecule has 8 heteroatoms. The van der Waals surface area contributed by atoms with Crippen LogP contribution in [0.5, 0.6) is 0 Å². The number of ether oxygens (including phenoxy) is 1. The number of aromatic nitrogens is 4. The maximum Gasteiger partial charge on any atom is 0.242 e. The summed E-state index contributed by atoms with van der Waals surface area (Å²) in [4.78, 5) is 14.3. The number of H-pyrrole nitrogens is 1. The van der Waals surface area contributed by atoms with Crippen LogP contribution in [0.15, 0.2) is 4.42 Å². The Kier molecular flexibility index (Phi) is 5.41. The Bertz CT molecular complexity index is 741. The highest BCUT2D eigenvalue weighted by atomic mass is 16.5. The van der Waals surface area contributed by atoms with Crippen molar-refractivity contribution < 1.29 is 13.9 Å². The molecule has 2 aromatic heterocycles. The van der Waals surface area contributed by atoms with Gasteiger partial charge in [0.05, 0.1) is 11.8 Å². The third-order valence-electron chi connectivity index (χ3n) is 4.78. The third kappa shape index (κ3) is 3.95. The highest BCUT2D eigenvalue weighted by molar-refractivity contribution is 5.78. The van der Waals surface area contributed by atoms with Gasteiger partial charge in [0.2, 0.25) is 17.7 Å². The fourth-order valence-electron chi connectivity index (χ4n) is 3.27. The predicted molar refractivity (Wildman–Crippen MR) is 94.6 cm³/mol. The lowest BCUT2D eigenvalue weighted by Gasteiger charge is -2.39. The van der Waals surface area contributed by atoms with E-state index < -0.39 is 0 Å². The largest absolute Gasteiger partial charge is 0.422 e. The number of likely N-dealkylation sites (tertiary alicyclic amines) is 1. The number of rotatable bonds is 7. The summed E-state index contributed by atoms with van der Waals surface area (Å²) in [6.45, 7) is 11.5. The second-order valence-corrected chi connectivity index (χ2v) is 7.37. The number of hydrogen-bond donors (Lipinski definition) is 1. The van der Waals surface area contributed by atoms with Gasteiger partial charge in [-0.2, -0.15) is 5.10 Å². The van der Waals surface area contributed by atoms with Crippen LogP contribution in [0.3, 0.4) is 0 Å². The Morgan fingerprint density at radius 1 is 1.31 bits per heavy atom. The van der Waals surface area contributed by atoms with Gasteiger partial charge in [-0.1, -0.05) is 20.8 Å². The molecule has 3 heterocycles. The molecule has 1 aliphatic heterocycles. The average molecular weight is 361 g/mol. The van der Waals surface area contributed by atoms with Crippen molar-refractivity contribution in [2.24, 2.45) is 0 Å². The number of aryl methyl sites for hydroxylation is 2. The van der Waals surface area contributed by atoms with E-state index in [9.17, 15) is 4.79 Å². The van der Waals surface area contributed by atoms with Crippen molar-refractivity contribution in [3.8, 4) is 0 Å². The second kappa shape index (κ2) is 7.57. The van der Waals surface area contributed by atoms with Gasteiger partial charge < -0.3 is 14.1 Å². The van der Waals surface area contributed by atoms with Crippen LogP contribution in [-0.4, -0.2) is 50.4 Å². The van der Waals surface area contributed by atoms with E-state index in [-0.39, 0.29) is 30.5 Å². The van der Waals surface area contributed by atoms with Crippen molar-refractivity contribution >= 4 is 5.91 Å². The minimum Gasteiger partial charge on any atom is -0.422 e. The van der Waals surface area contributed by atoms with E-state index in [4.69, 9.17) is 9.15 Å². The summed E-state index contributed by atoms with van der Waals surface area (Å²) in [5.41, 5.74) is 3.14. The molecule has 0 bridgehead atoms. The van der Waals surface area contributed by atoms with Gasteiger partial charge in [-0.05, 0) is 25.3 Å². The predicted octanol–water partition coefficient (Wildman–Crippen LogP) is 2.45. The minimum absolute atomic E-state index is 0.0288. The van der Waals surface area contributed by atoms with Gasteiger partial charge in [-0.15, -0.1) is 10.2 Å². The van der Waals surface area contributed by atoms with E-state index in [1.165, 1.54) is 0 Å². The van der Waals surface area contributed by atoms with E-state index in [0.717, 1.165) is 17.0 Å². The Morgan fingerprint density at radius 3 is 2.62 bits per heavy atom. The summed E-state index contributed by atoms with van der Waals surface area (Å²) in [6, 6.07) is 0. The quantitative estimate of drug-likeness (QED) is 0.813. The summed E-state index contributed by atoms with van der Waals surface area (Å²) >= 11 is 0. The standard InChI is InChI=1S/C18H27N5O3/c1-10(2)18-22-21-15(26-18)9-25-14-7-23(8-14)16(24)6-11(3)17-12(4)19-20-13(17)5/h10-11,14H,6-9H2,1-5H3,(H,19,20). The summed E-state index contributed by atoms with van der Waals surface area (Å²) < 4.78 is 11.3. The minimum atomic E-state index is 0.0288. The first-order valence-electron chi connectivity index (χ1n) is 9.08. The maximum absolute atomic E-state index is 12.5. The van der Waals surface area contributed by atoms with Crippen LogP contribution < -0.4 is 0 Å². The number of nitrogens with one attached hydrogen (secondary N) is 1. The van der Waals surface area contributed by atoms with Crippen LogP contribution >= 0.6 is 0 Å². The first kappa shape index (κ1) is 18.6. The van der Waals surface area contributed by atoms with Crippen molar-refractivity contribution in [1.29, 1.82) is 0 Å². The second-order valence-electron chi connectivity index (χ2n) is 7.37. The van der Waals surface area contributed by atoms with Gasteiger partial charge in [0.15, 0.2) is 0 Å². The molecule has 2 aromatic rings. The highest BCUT2D eigenvalue weighted by Gasteiger charge is 2.32. The van der Waals surface area contributed by atoms with Gasteiger partial charge in [-0.25, -0.2) is 0 Å². The molecule has 1 N–H and O–H groups in total. The monoisotopic (exact) mass is 361 g/mol. The Hall–Kier alpha value is -2.22. The number of aromatic amines is 1. The lowest BCUT2D eigenvalue weighted by Crippen LogP contribution is -2.54. The van der Waals surface area contributed by atoms with Crippen molar-refractivity contribution in [3.05, 3.63) is 28.7 Å². The van der Waals surface area contributed by atoms with E-state index in [2.05, 4.69) is 27.3 Å². The van der Waals surface area contributed by atoms with Crippen LogP contribution in [0.4, 0.5) is 0 Å². The number of nitrogens with zero attached hydrogens (tertiary/aromatic N) is 4. The molecule has 1 aliphatic rings. The highest BCUT2D eigenvalue weighted by Crippen LogP contribution is 2.26. The number of hydrogen-bond acceptors (Lipinski definition) is 6. The Balaban J connectivity index is 1.42. The average Bonchev–Trinajstić information content (AvgIpc) is 3.12. The van der Waals surface area contributed by atoms with Gasteiger partial charge >= 0.3 is 0 Å². The normalized spacial score (nSPS) is 16.2. The third-order valence-corrected chi connectivity index (χ3v) is 4.78. The molecule has 3 rings (SSSR count). The van der Waals surface area contributed by atoms with Gasteiger partial charge in [0, 0.05) is 31.1 Å². The van der Waals surface area contributed by atoms with E-state index in [1.54, 1.807) is 0 Å². The lowest BCUT2D eigenvalue weighted by atomic mass is 9.94. The van der Waals surface area contributed by atoms with Crippen LogP contribution in [0.25, 0.3) is 0 Å². The van der Waals surface area contributed by atoms with Crippen LogP contribution in [0, 0.1) is 13.8 Å². The van der Waals surface area contributed by atoms with Crippen LogP contribution in [0.1, 0.15) is 67.8 Å². The first-order valence-corrected chi connectivity index (χ1v) is 9.08. The van der Waals surface area contributed by atoms with Crippen LogP contribution in [-0.2, 0) is 16.1 Å². The number of carbonyl (C=O) groups excluding carboxylic acids is 1. The lowest BCUT2D eigenvalue weighted by molar-refractivity contribution is -0.146. The fraction of sp³-hybridized carbons (Fsp3) is 0.667. The zero-order valence-electron chi connectivity index (χ0n) is 16.1. The Morgan fingerprint density at radius 2 is 2.04 bits per heavy atom. The molecule has 0 aromatic carbocycles. The van der Waals surface area contributed by atoms with E-state index in [0.29, 0.717) is 31.3 Å². The van der Waals surface area contributed by atoms with Crippen molar-refractivity contribution in [1.82, 2.24) is 25.3 Å². The van der Waals surface area contributed by atoms with E-state index >= 15 is 0 Å². The van der Waals surface area contributed by atoms with Gasteiger partial charge in [0.25, 0.3) is 0 Å². The molecule has 0 spiro atoms. The summed E-state index contributed by atoms with van der Waals surface area (Å²) in [7, 11) is 0. The topological polar surface area (TPSA) is 97.1 Å². The zero-order chi connectivity index (χ0) is 18.8. The number of carbonyl (C=O) groups is 1. The molecule has 0 aliphatic carbocycles. The van der Waals surface area contributed by atoms with Gasteiger partial charge in [-0.3, -0.25) is 9.89 Å². The first-order chi connectivity index (χ1) is 12.3. The fourth-order valence-corrected chi connectivity index (χ4v) is 3.27. The molecule has 1 unspecified atom stereocenters.